The zero-order valence-electron chi connectivity index (χ0n) is 14.4. The van der Waals surface area contributed by atoms with E-state index in [1.54, 1.807) is 28.0 Å². The van der Waals surface area contributed by atoms with E-state index >= 15 is 0 Å². The molecule has 1 aliphatic rings. The minimum absolute atomic E-state index is 0.0607. The number of nitrogens with one attached hydrogen (secondary N) is 1. The van der Waals surface area contributed by atoms with E-state index in [0.29, 0.717) is 41.4 Å². The Morgan fingerprint density at radius 1 is 1.46 bits per heavy atom. The van der Waals surface area contributed by atoms with E-state index in [-0.39, 0.29) is 29.8 Å². The molecule has 2 aromatic rings. The van der Waals surface area contributed by atoms with Crippen LogP contribution in [0.2, 0.25) is 5.02 Å². The summed E-state index contributed by atoms with van der Waals surface area (Å²) in [4.78, 5) is 46.7. The molecule has 1 aromatic heterocycles. The summed E-state index contributed by atoms with van der Waals surface area (Å²) in [6, 6.07) is 4.88. The molecule has 26 heavy (non-hydrogen) atoms. The normalized spacial score (nSPS) is 14.2. The number of likely N-dealkylation sites (tertiary alicyclic amines) is 1. The van der Waals surface area contributed by atoms with Crippen molar-refractivity contribution in [1.82, 2.24) is 19.8 Å². The summed E-state index contributed by atoms with van der Waals surface area (Å²) in [7, 11) is 0. The number of amides is 2. The fourth-order valence-corrected chi connectivity index (χ4v) is 3.13. The molecule has 1 aromatic carbocycles. The molecular formula is C18H19ClN4O3. The van der Waals surface area contributed by atoms with Crippen LogP contribution in [0.15, 0.2) is 35.6 Å². The second-order valence-electron chi connectivity index (χ2n) is 6.17. The van der Waals surface area contributed by atoms with Gasteiger partial charge in [-0.1, -0.05) is 18.2 Å². The average Bonchev–Trinajstić information content (AvgIpc) is 2.57. The summed E-state index contributed by atoms with van der Waals surface area (Å²) in [5.41, 5.74) is 0.225. The Morgan fingerprint density at radius 2 is 2.19 bits per heavy atom. The van der Waals surface area contributed by atoms with Crippen molar-refractivity contribution >= 4 is 34.3 Å². The van der Waals surface area contributed by atoms with Gasteiger partial charge in [0.25, 0.3) is 5.56 Å². The van der Waals surface area contributed by atoms with Gasteiger partial charge in [-0.2, -0.15) is 0 Å². The van der Waals surface area contributed by atoms with E-state index in [1.165, 1.54) is 6.08 Å². The Labute approximate surface area is 155 Å². The molecule has 0 saturated carbocycles. The van der Waals surface area contributed by atoms with Crippen molar-refractivity contribution in [3.05, 3.63) is 52.1 Å². The molecule has 8 heteroatoms. The Bertz CT molecular complexity index is 934. The monoisotopic (exact) mass is 374 g/mol. The van der Waals surface area contributed by atoms with Gasteiger partial charge in [0.2, 0.25) is 11.8 Å². The zero-order valence-corrected chi connectivity index (χ0v) is 15.1. The highest BCUT2D eigenvalue weighted by molar-refractivity contribution is 6.31. The molecule has 2 heterocycles. The molecule has 7 nitrogen and oxygen atoms in total. The molecule has 1 aliphatic heterocycles. The number of aromatic nitrogens is 2. The summed E-state index contributed by atoms with van der Waals surface area (Å²) >= 11 is 5.97. The number of hydrogen-bond acceptors (Lipinski definition) is 4. The van der Waals surface area contributed by atoms with E-state index in [9.17, 15) is 14.4 Å². The maximum absolute atomic E-state index is 12.6. The van der Waals surface area contributed by atoms with Crippen LogP contribution in [0.1, 0.15) is 12.7 Å². The van der Waals surface area contributed by atoms with Crippen molar-refractivity contribution in [1.29, 1.82) is 0 Å². The largest absolute Gasteiger partial charge is 0.337 e. The van der Waals surface area contributed by atoms with Crippen LogP contribution >= 0.6 is 11.6 Å². The number of halogens is 1. The number of fused-ring (bicyclic) bond motifs is 1. The number of hydrogen-bond donors (Lipinski definition) is 1. The quantitative estimate of drug-likeness (QED) is 0.805. The lowest BCUT2D eigenvalue weighted by atomic mass is 9.98. The molecule has 0 aliphatic carbocycles. The second kappa shape index (κ2) is 7.29. The van der Waals surface area contributed by atoms with Crippen molar-refractivity contribution in [2.45, 2.75) is 13.5 Å². The van der Waals surface area contributed by atoms with Gasteiger partial charge in [-0.05, 0) is 31.2 Å². The minimum Gasteiger partial charge on any atom is -0.337 e. The first kappa shape index (κ1) is 18.1. The van der Waals surface area contributed by atoms with E-state index in [4.69, 9.17) is 11.6 Å². The van der Waals surface area contributed by atoms with Crippen molar-refractivity contribution in [3.63, 3.8) is 0 Å². The molecule has 136 valence electrons. The SMILES string of the molecule is C=CC(=O)N1CC(C(=O)N(CC)Cc2nc3cc(Cl)ccc3c(=O)[nH]2)C1. The Hall–Kier alpha value is -2.67. The first-order valence-electron chi connectivity index (χ1n) is 8.31. The van der Waals surface area contributed by atoms with Crippen LogP contribution in [0.3, 0.4) is 0 Å². The Kier molecular flexibility index (Phi) is 5.08. The number of aromatic amines is 1. The van der Waals surface area contributed by atoms with E-state index in [0.717, 1.165) is 0 Å². The van der Waals surface area contributed by atoms with Crippen LogP contribution in [-0.4, -0.2) is 51.2 Å². The standard InChI is InChI=1S/C18H19ClN4O3/c1-3-16(24)23-8-11(9-23)18(26)22(4-2)10-15-20-14-7-12(19)5-6-13(14)17(25)21-15/h3,5-7,11H,1,4,8-10H2,2H3,(H,20,21,25). The van der Waals surface area contributed by atoms with E-state index in [2.05, 4.69) is 16.5 Å². The van der Waals surface area contributed by atoms with Gasteiger partial charge in [-0.3, -0.25) is 14.4 Å². The van der Waals surface area contributed by atoms with Crippen molar-refractivity contribution in [3.8, 4) is 0 Å². The summed E-state index contributed by atoms with van der Waals surface area (Å²) in [5.74, 6) is -0.0669. The maximum Gasteiger partial charge on any atom is 0.258 e. The molecule has 3 rings (SSSR count). The number of rotatable bonds is 5. The van der Waals surface area contributed by atoms with Crippen molar-refractivity contribution < 1.29 is 9.59 Å². The fourth-order valence-electron chi connectivity index (χ4n) is 2.96. The van der Waals surface area contributed by atoms with Gasteiger partial charge in [0.05, 0.1) is 23.4 Å². The molecule has 0 radical (unpaired) electrons. The van der Waals surface area contributed by atoms with Gasteiger partial charge in [0, 0.05) is 24.7 Å². The van der Waals surface area contributed by atoms with Gasteiger partial charge in [0.1, 0.15) is 5.82 Å². The lowest BCUT2D eigenvalue weighted by Gasteiger charge is -2.39. The molecule has 0 spiro atoms. The van der Waals surface area contributed by atoms with Crippen LogP contribution in [0.5, 0.6) is 0 Å². The van der Waals surface area contributed by atoms with Gasteiger partial charge in [0.15, 0.2) is 0 Å². The molecule has 1 saturated heterocycles. The van der Waals surface area contributed by atoms with Crippen molar-refractivity contribution in [2.75, 3.05) is 19.6 Å². The summed E-state index contributed by atoms with van der Waals surface area (Å²) in [6.45, 7) is 6.74. The van der Waals surface area contributed by atoms with E-state index < -0.39 is 0 Å². The fraction of sp³-hybridized carbons (Fsp3) is 0.333. The predicted molar refractivity (Wildman–Crippen MR) is 98.7 cm³/mol. The number of benzene rings is 1. The smallest absolute Gasteiger partial charge is 0.258 e. The number of H-pyrrole nitrogens is 1. The van der Waals surface area contributed by atoms with Crippen LogP contribution in [0, 0.1) is 5.92 Å². The third-order valence-electron chi connectivity index (χ3n) is 4.47. The van der Waals surface area contributed by atoms with E-state index in [1.807, 2.05) is 6.92 Å². The van der Waals surface area contributed by atoms with Gasteiger partial charge < -0.3 is 14.8 Å². The molecular weight excluding hydrogens is 356 g/mol. The predicted octanol–water partition coefficient (Wildman–Crippen LogP) is 1.57. The van der Waals surface area contributed by atoms with Crippen LogP contribution in [0.25, 0.3) is 10.9 Å². The van der Waals surface area contributed by atoms with Gasteiger partial charge in [-0.15, -0.1) is 0 Å². The highest BCUT2D eigenvalue weighted by atomic mass is 35.5. The number of nitrogens with zero attached hydrogens (tertiary/aromatic N) is 3. The third kappa shape index (κ3) is 3.48. The molecule has 0 unspecified atom stereocenters. The highest BCUT2D eigenvalue weighted by Crippen LogP contribution is 2.20. The Balaban J connectivity index is 1.75. The molecule has 2 amide bonds. The lowest BCUT2D eigenvalue weighted by molar-refractivity contribution is -0.146. The maximum atomic E-state index is 12.6. The zero-order chi connectivity index (χ0) is 18.8. The number of carbonyl (C=O) groups excluding carboxylic acids is 2. The third-order valence-corrected chi connectivity index (χ3v) is 4.70. The van der Waals surface area contributed by atoms with Crippen LogP contribution < -0.4 is 5.56 Å². The first-order valence-corrected chi connectivity index (χ1v) is 8.69. The Morgan fingerprint density at radius 3 is 2.85 bits per heavy atom. The van der Waals surface area contributed by atoms with Crippen LogP contribution in [0.4, 0.5) is 0 Å². The molecule has 0 atom stereocenters. The van der Waals surface area contributed by atoms with Gasteiger partial charge in [-0.25, -0.2) is 4.98 Å². The number of carbonyl (C=O) groups is 2. The van der Waals surface area contributed by atoms with Crippen molar-refractivity contribution in [2.24, 2.45) is 5.92 Å². The average molecular weight is 375 g/mol. The lowest BCUT2D eigenvalue weighted by Crippen LogP contribution is -2.56. The van der Waals surface area contributed by atoms with Gasteiger partial charge >= 0.3 is 0 Å². The summed E-state index contributed by atoms with van der Waals surface area (Å²) in [6.07, 6.45) is 1.24. The minimum atomic E-state index is -0.267. The summed E-state index contributed by atoms with van der Waals surface area (Å²) in [5, 5.41) is 0.941. The first-order chi connectivity index (χ1) is 12.4. The highest BCUT2D eigenvalue weighted by Gasteiger charge is 2.36. The second-order valence-corrected chi connectivity index (χ2v) is 6.61. The molecule has 1 fully saturated rings. The van der Waals surface area contributed by atoms with Crippen LogP contribution in [-0.2, 0) is 16.1 Å². The molecule has 0 bridgehead atoms. The summed E-state index contributed by atoms with van der Waals surface area (Å²) < 4.78 is 0. The molecule has 1 N–H and O–H groups in total. The topological polar surface area (TPSA) is 86.4 Å².